The summed E-state index contributed by atoms with van der Waals surface area (Å²) in [6.07, 6.45) is -8.41. The monoisotopic (exact) mass is 521 g/mol. The first-order chi connectivity index (χ1) is 16.6. The zero-order valence-electron chi connectivity index (χ0n) is 20.4. The van der Waals surface area contributed by atoms with Crippen LogP contribution in [0.4, 0.5) is 26.3 Å². The lowest BCUT2D eigenvalue weighted by Crippen LogP contribution is -2.45. The van der Waals surface area contributed by atoms with Crippen LogP contribution >= 0.6 is 0 Å². The second-order valence-electron chi connectivity index (χ2n) is 8.79. The van der Waals surface area contributed by atoms with Crippen molar-refractivity contribution in [1.29, 1.82) is 0 Å². The lowest BCUT2D eigenvalue weighted by atomic mass is 10.0. The van der Waals surface area contributed by atoms with Crippen LogP contribution in [0.15, 0.2) is 36.5 Å². The van der Waals surface area contributed by atoms with Crippen molar-refractivity contribution in [2.45, 2.75) is 32.7 Å². The van der Waals surface area contributed by atoms with Gasteiger partial charge in [0, 0.05) is 44.7 Å². The number of halogens is 6. The Kier molecular flexibility index (Phi) is 9.58. The summed E-state index contributed by atoms with van der Waals surface area (Å²) in [4.78, 5) is 28.8. The van der Waals surface area contributed by atoms with E-state index in [2.05, 4.69) is 0 Å². The van der Waals surface area contributed by atoms with Crippen LogP contribution in [0.2, 0.25) is 0 Å². The van der Waals surface area contributed by atoms with Crippen molar-refractivity contribution in [2.75, 3.05) is 33.4 Å². The number of carbonyl (C=O) groups is 2. The summed E-state index contributed by atoms with van der Waals surface area (Å²) >= 11 is 0. The number of hydrogen-bond acceptors (Lipinski definition) is 3. The minimum absolute atomic E-state index is 0.0406. The van der Waals surface area contributed by atoms with Crippen LogP contribution in [0.5, 0.6) is 0 Å². The topological polar surface area (TPSA) is 54.8 Å². The van der Waals surface area contributed by atoms with Gasteiger partial charge in [-0.15, -0.1) is 0 Å². The van der Waals surface area contributed by atoms with Gasteiger partial charge in [0.25, 0.3) is 5.91 Å². The molecule has 0 radical (unpaired) electrons. The summed E-state index contributed by atoms with van der Waals surface area (Å²) < 4.78 is 86.6. The molecule has 2 rings (SSSR count). The van der Waals surface area contributed by atoms with Crippen molar-refractivity contribution < 1.29 is 40.7 Å². The fourth-order valence-corrected chi connectivity index (χ4v) is 3.53. The number of carbonyl (C=O) groups excluding carboxylic acids is 2. The Morgan fingerprint density at radius 2 is 1.58 bits per heavy atom. The Labute approximate surface area is 205 Å². The molecule has 0 fully saturated rings. The molecule has 36 heavy (non-hydrogen) atoms. The molecular weight excluding hydrogens is 492 g/mol. The lowest BCUT2D eigenvalue weighted by Gasteiger charge is -2.29. The molecular formula is C24H29F6N3O3. The molecule has 12 heteroatoms. The van der Waals surface area contributed by atoms with E-state index in [-0.39, 0.29) is 38.2 Å². The minimum Gasteiger partial charge on any atom is -0.383 e. The maximum absolute atomic E-state index is 13.3. The van der Waals surface area contributed by atoms with E-state index in [1.807, 2.05) is 0 Å². The predicted molar refractivity (Wildman–Crippen MR) is 120 cm³/mol. The third-order valence-electron chi connectivity index (χ3n) is 5.36. The number of hydrogen-bond donors (Lipinski definition) is 0. The van der Waals surface area contributed by atoms with Crippen LogP contribution in [-0.2, 0) is 35.5 Å². The molecule has 0 N–H and O–H groups in total. The minimum atomic E-state index is -5.10. The maximum atomic E-state index is 13.3. The van der Waals surface area contributed by atoms with E-state index in [1.165, 1.54) is 12.0 Å². The van der Waals surface area contributed by atoms with Gasteiger partial charge in [-0.2, -0.15) is 26.3 Å². The molecule has 0 unspecified atom stereocenters. The summed E-state index contributed by atoms with van der Waals surface area (Å²) in [6.45, 7) is 3.39. The number of rotatable bonds is 10. The quantitative estimate of drug-likeness (QED) is 0.421. The van der Waals surface area contributed by atoms with Gasteiger partial charge in [0.05, 0.1) is 24.3 Å². The molecule has 0 saturated carbocycles. The van der Waals surface area contributed by atoms with Crippen molar-refractivity contribution in [3.05, 3.63) is 58.9 Å². The Bertz CT molecular complexity index is 1010. The standard InChI is InChI=1S/C24H29F6N3O3/c1-16(2)13-33(15-21(34)32(8-9-36-4)14-20-6-5-7-31(20)3)22(35)17-10-18(23(25,26)27)12-19(11-17)24(28,29)30/h5-7,10-12,16H,8-9,13-15H2,1-4H3. The van der Waals surface area contributed by atoms with Gasteiger partial charge in [0.1, 0.15) is 6.54 Å². The zero-order valence-corrected chi connectivity index (χ0v) is 20.4. The summed E-state index contributed by atoms with van der Waals surface area (Å²) in [5.74, 6) is -1.83. The third kappa shape index (κ3) is 8.00. The highest BCUT2D eigenvalue weighted by Crippen LogP contribution is 2.36. The summed E-state index contributed by atoms with van der Waals surface area (Å²) in [6, 6.07) is 4.30. The van der Waals surface area contributed by atoms with Crippen molar-refractivity contribution >= 4 is 11.8 Å². The van der Waals surface area contributed by atoms with Crippen LogP contribution in [0, 0.1) is 5.92 Å². The van der Waals surface area contributed by atoms with E-state index in [1.54, 1.807) is 43.8 Å². The van der Waals surface area contributed by atoms with Crippen LogP contribution in [0.1, 0.15) is 41.0 Å². The Balaban J connectivity index is 2.40. The largest absolute Gasteiger partial charge is 0.416 e. The molecule has 0 aliphatic carbocycles. The lowest BCUT2D eigenvalue weighted by molar-refractivity contribution is -0.143. The average molecular weight is 522 g/mol. The highest BCUT2D eigenvalue weighted by Gasteiger charge is 2.38. The first-order valence-electron chi connectivity index (χ1n) is 11.1. The van der Waals surface area contributed by atoms with Gasteiger partial charge in [-0.25, -0.2) is 0 Å². The highest BCUT2D eigenvalue weighted by molar-refractivity contribution is 5.97. The molecule has 200 valence electrons. The first kappa shape index (κ1) is 29.2. The van der Waals surface area contributed by atoms with Gasteiger partial charge in [-0.05, 0) is 36.2 Å². The van der Waals surface area contributed by atoms with Crippen LogP contribution < -0.4 is 0 Å². The second kappa shape index (κ2) is 11.8. The van der Waals surface area contributed by atoms with E-state index in [9.17, 15) is 35.9 Å². The number of ether oxygens (including phenoxy) is 1. The predicted octanol–water partition coefficient (Wildman–Crippen LogP) is 4.84. The molecule has 0 spiro atoms. The van der Waals surface area contributed by atoms with E-state index in [4.69, 9.17) is 4.74 Å². The number of nitrogens with zero attached hydrogens (tertiary/aromatic N) is 3. The van der Waals surface area contributed by atoms with Crippen LogP contribution in [0.25, 0.3) is 0 Å². The number of alkyl halides is 6. The summed E-state index contributed by atoms with van der Waals surface area (Å²) in [5, 5.41) is 0. The molecule has 0 bridgehead atoms. The van der Waals surface area contributed by atoms with Crippen molar-refractivity contribution in [1.82, 2.24) is 14.4 Å². The van der Waals surface area contributed by atoms with Crippen molar-refractivity contribution in [3.63, 3.8) is 0 Å². The highest BCUT2D eigenvalue weighted by atomic mass is 19.4. The Hall–Kier alpha value is -3.02. The molecule has 2 aromatic rings. The smallest absolute Gasteiger partial charge is 0.383 e. The van der Waals surface area contributed by atoms with Gasteiger partial charge in [-0.3, -0.25) is 9.59 Å². The molecule has 1 aromatic heterocycles. The molecule has 6 nitrogen and oxygen atoms in total. The fraction of sp³-hybridized carbons (Fsp3) is 0.500. The molecule has 0 aliphatic rings. The zero-order chi connectivity index (χ0) is 27.3. The fourth-order valence-electron chi connectivity index (χ4n) is 3.53. The van der Waals surface area contributed by atoms with E-state index >= 15 is 0 Å². The SMILES string of the molecule is COCCN(Cc1cccn1C)C(=O)CN(CC(C)C)C(=O)c1cc(C(F)(F)F)cc(C(F)(F)F)c1. The molecule has 0 atom stereocenters. The first-order valence-corrected chi connectivity index (χ1v) is 11.1. The number of aryl methyl sites for hydroxylation is 1. The Morgan fingerprint density at radius 3 is 2.03 bits per heavy atom. The van der Waals surface area contributed by atoms with Gasteiger partial charge < -0.3 is 19.1 Å². The number of amides is 2. The number of aromatic nitrogens is 1. The van der Waals surface area contributed by atoms with Gasteiger partial charge >= 0.3 is 12.4 Å². The van der Waals surface area contributed by atoms with Crippen LogP contribution in [-0.4, -0.2) is 59.5 Å². The molecule has 0 saturated heterocycles. The third-order valence-corrected chi connectivity index (χ3v) is 5.36. The molecule has 1 heterocycles. The van der Waals surface area contributed by atoms with Crippen molar-refractivity contribution in [2.24, 2.45) is 13.0 Å². The van der Waals surface area contributed by atoms with Crippen LogP contribution in [0.3, 0.4) is 0 Å². The summed E-state index contributed by atoms with van der Waals surface area (Å²) in [5.41, 5.74) is -3.20. The summed E-state index contributed by atoms with van der Waals surface area (Å²) in [7, 11) is 3.24. The van der Waals surface area contributed by atoms with Gasteiger partial charge in [-0.1, -0.05) is 13.8 Å². The van der Waals surface area contributed by atoms with Gasteiger partial charge in [0.2, 0.25) is 5.91 Å². The number of benzene rings is 1. The normalized spacial score (nSPS) is 12.2. The second-order valence-corrected chi connectivity index (χ2v) is 8.79. The van der Waals surface area contributed by atoms with Crippen molar-refractivity contribution in [3.8, 4) is 0 Å². The van der Waals surface area contributed by atoms with E-state index in [0.717, 1.165) is 10.6 Å². The van der Waals surface area contributed by atoms with E-state index in [0.29, 0.717) is 12.1 Å². The Morgan fingerprint density at radius 1 is 1.00 bits per heavy atom. The average Bonchev–Trinajstić information content (AvgIpc) is 3.18. The molecule has 1 aromatic carbocycles. The molecule has 0 aliphatic heterocycles. The molecule has 2 amide bonds. The van der Waals surface area contributed by atoms with Gasteiger partial charge in [0.15, 0.2) is 0 Å². The maximum Gasteiger partial charge on any atom is 0.416 e. The number of methoxy groups -OCH3 is 1. The van der Waals surface area contributed by atoms with E-state index < -0.39 is 47.4 Å².